The van der Waals surface area contributed by atoms with E-state index < -0.39 is 0 Å². The lowest BCUT2D eigenvalue weighted by Crippen LogP contribution is -2.12. The van der Waals surface area contributed by atoms with E-state index in [1.807, 2.05) is 0 Å². The summed E-state index contributed by atoms with van der Waals surface area (Å²) in [6.07, 6.45) is 0. The van der Waals surface area contributed by atoms with Crippen LogP contribution in [0.4, 0.5) is 0 Å². The molecule has 0 fully saturated rings. The number of benzene rings is 2. The zero-order valence-corrected chi connectivity index (χ0v) is 12.4. The predicted octanol–water partition coefficient (Wildman–Crippen LogP) is 5.23. The van der Waals surface area contributed by atoms with Crippen LogP contribution in [0.15, 0.2) is 30.3 Å². The Morgan fingerprint density at radius 1 is 0.778 bits per heavy atom. The Bertz CT molecular complexity index is 514. The first-order valence-electron chi connectivity index (χ1n) is 6.64. The summed E-state index contributed by atoms with van der Waals surface area (Å²) in [6.45, 7) is 13.5. The van der Waals surface area contributed by atoms with Gasteiger partial charge in [-0.3, -0.25) is 0 Å². The van der Waals surface area contributed by atoms with E-state index in [1.165, 1.54) is 21.9 Å². The van der Waals surface area contributed by atoms with Crippen molar-refractivity contribution in [2.45, 2.75) is 52.4 Å². The fourth-order valence-electron chi connectivity index (χ4n) is 2.08. The Labute approximate surface area is 111 Å². The zero-order valence-electron chi connectivity index (χ0n) is 12.4. The van der Waals surface area contributed by atoms with Gasteiger partial charge in [-0.25, -0.2) is 0 Å². The van der Waals surface area contributed by atoms with Gasteiger partial charge in [-0.2, -0.15) is 0 Å². The van der Waals surface area contributed by atoms with Gasteiger partial charge in [-0.05, 0) is 50.9 Å². The van der Waals surface area contributed by atoms with Crippen molar-refractivity contribution in [3.05, 3.63) is 47.5 Å². The van der Waals surface area contributed by atoms with Crippen LogP contribution >= 0.6 is 0 Å². The SMILES string of the molecule is CC(C)(C)c1[c]cc2ccc(C(C)(C)C)cc2c1. The molecule has 0 heteroatoms. The Morgan fingerprint density at radius 3 is 2.00 bits per heavy atom. The van der Waals surface area contributed by atoms with Crippen molar-refractivity contribution in [3.63, 3.8) is 0 Å². The summed E-state index contributed by atoms with van der Waals surface area (Å²) in [5.41, 5.74) is 3.03. The Morgan fingerprint density at radius 2 is 1.44 bits per heavy atom. The zero-order chi connectivity index (χ0) is 13.6. The molecule has 0 saturated heterocycles. The van der Waals surface area contributed by atoms with Crippen molar-refractivity contribution in [1.29, 1.82) is 0 Å². The highest BCUT2D eigenvalue weighted by molar-refractivity contribution is 5.84. The van der Waals surface area contributed by atoms with E-state index in [2.05, 4.69) is 77.9 Å². The van der Waals surface area contributed by atoms with E-state index >= 15 is 0 Å². The summed E-state index contributed by atoms with van der Waals surface area (Å²) in [7, 11) is 0. The summed E-state index contributed by atoms with van der Waals surface area (Å²) in [4.78, 5) is 0. The Hall–Kier alpha value is -1.30. The third-order valence-electron chi connectivity index (χ3n) is 3.44. The molecule has 0 heterocycles. The van der Waals surface area contributed by atoms with Crippen molar-refractivity contribution in [1.82, 2.24) is 0 Å². The minimum Gasteiger partial charge on any atom is -0.0579 e. The molecule has 0 saturated carbocycles. The van der Waals surface area contributed by atoms with E-state index in [9.17, 15) is 0 Å². The van der Waals surface area contributed by atoms with Crippen LogP contribution in [0.25, 0.3) is 10.8 Å². The summed E-state index contributed by atoms with van der Waals surface area (Å²) in [5.74, 6) is 0. The quantitative estimate of drug-likeness (QED) is 0.590. The maximum Gasteiger partial charge on any atom is -0.0125 e. The van der Waals surface area contributed by atoms with Gasteiger partial charge in [0, 0.05) is 0 Å². The van der Waals surface area contributed by atoms with E-state index in [0.29, 0.717) is 0 Å². The highest BCUT2D eigenvalue weighted by Crippen LogP contribution is 2.29. The summed E-state index contributed by atoms with van der Waals surface area (Å²) >= 11 is 0. The van der Waals surface area contributed by atoms with Gasteiger partial charge in [-0.15, -0.1) is 0 Å². The number of rotatable bonds is 0. The second-order valence-electron chi connectivity index (χ2n) is 7.19. The molecule has 2 aromatic carbocycles. The lowest BCUT2D eigenvalue weighted by atomic mass is 9.83. The molecule has 2 rings (SSSR count). The monoisotopic (exact) mass is 239 g/mol. The molecular weight excluding hydrogens is 216 g/mol. The van der Waals surface area contributed by atoms with Gasteiger partial charge in [0.15, 0.2) is 0 Å². The molecule has 18 heavy (non-hydrogen) atoms. The smallest absolute Gasteiger partial charge is 0.0125 e. The summed E-state index contributed by atoms with van der Waals surface area (Å²) in [6, 6.07) is 14.6. The fourth-order valence-corrected chi connectivity index (χ4v) is 2.08. The average Bonchev–Trinajstić information content (AvgIpc) is 2.25. The molecule has 2 aromatic rings. The maximum atomic E-state index is 3.41. The van der Waals surface area contributed by atoms with Crippen molar-refractivity contribution in [2.75, 3.05) is 0 Å². The van der Waals surface area contributed by atoms with Crippen LogP contribution in [0.5, 0.6) is 0 Å². The largest absolute Gasteiger partial charge is 0.0579 e. The van der Waals surface area contributed by atoms with Crippen LogP contribution in [-0.4, -0.2) is 0 Å². The molecule has 0 aliphatic heterocycles. The third kappa shape index (κ3) is 2.58. The van der Waals surface area contributed by atoms with Crippen molar-refractivity contribution in [3.8, 4) is 0 Å². The second kappa shape index (κ2) is 4.12. The first-order chi connectivity index (χ1) is 8.18. The second-order valence-corrected chi connectivity index (χ2v) is 7.19. The molecule has 1 radical (unpaired) electrons. The summed E-state index contributed by atoms with van der Waals surface area (Å²) in [5, 5.41) is 2.60. The molecule has 0 N–H and O–H groups in total. The predicted molar refractivity (Wildman–Crippen MR) is 80.2 cm³/mol. The van der Waals surface area contributed by atoms with Gasteiger partial charge in [0.25, 0.3) is 0 Å². The Kier molecular flexibility index (Phi) is 3.01. The van der Waals surface area contributed by atoms with Crippen molar-refractivity contribution in [2.24, 2.45) is 0 Å². The fraction of sp³-hybridized carbons (Fsp3) is 0.444. The molecular formula is C18H23. The Balaban J connectivity index is 2.61. The van der Waals surface area contributed by atoms with E-state index in [4.69, 9.17) is 0 Å². The van der Waals surface area contributed by atoms with Gasteiger partial charge >= 0.3 is 0 Å². The molecule has 95 valence electrons. The van der Waals surface area contributed by atoms with Crippen LogP contribution in [0, 0.1) is 6.07 Å². The molecule has 0 aromatic heterocycles. The highest BCUT2D eigenvalue weighted by atomic mass is 14.2. The van der Waals surface area contributed by atoms with Crippen LogP contribution in [0.3, 0.4) is 0 Å². The lowest BCUT2D eigenvalue weighted by molar-refractivity contribution is 0.589. The van der Waals surface area contributed by atoms with Crippen molar-refractivity contribution < 1.29 is 0 Å². The van der Waals surface area contributed by atoms with Gasteiger partial charge in [-0.1, -0.05) is 59.7 Å². The van der Waals surface area contributed by atoms with Gasteiger partial charge in [0.1, 0.15) is 0 Å². The maximum absolute atomic E-state index is 3.41. The molecule has 0 nitrogen and oxygen atoms in total. The third-order valence-corrected chi connectivity index (χ3v) is 3.44. The highest BCUT2D eigenvalue weighted by Gasteiger charge is 2.16. The molecule has 0 aliphatic carbocycles. The standard InChI is InChI=1S/C18H23/c1-17(2,3)15-9-7-13-8-10-16(18(4,5)6)12-14(13)11-15/h7-9,11-12H,1-6H3. The topological polar surface area (TPSA) is 0 Å². The lowest BCUT2D eigenvalue weighted by Gasteiger charge is -2.21. The summed E-state index contributed by atoms with van der Waals surface area (Å²) < 4.78 is 0. The number of hydrogen-bond donors (Lipinski definition) is 0. The minimum absolute atomic E-state index is 0.159. The number of hydrogen-bond acceptors (Lipinski definition) is 0. The van der Waals surface area contributed by atoms with Crippen LogP contribution in [-0.2, 0) is 10.8 Å². The molecule has 0 bridgehead atoms. The van der Waals surface area contributed by atoms with Gasteiger partial charge < -0.3 is 0 Å². The van der Waals surface area contributed by atoms with E-state index in [0.717, 1.165) is 0 Å². The minimum atomic E-state index is 0.159. The normalized spacial score (nSPS) is 13.0. The first kappa shape index (κ1) is 13.1. The van der Waals surface area contributed by atoms with Gasteiger partial charge in [0.05, 0.1) is 0 Å². The van der Waals surface area contributed by atoms with Gasteiger partial charge in [0.2, 0.25) is 0 Å². The van der Waals surface area contributed by atoms with Crippen LogP contribution < -0.4 is 0 Å². The average molecular weight is 239 g/mol. The molecule has 0 aliphatic rings. The molecule has 0 spiro atoms. The number of fused-ring (bicyclic) bond motifs is 1. The van der Waals surface area contributed by atoms with Crippen LogP contribution in [0.2, 0.25) is 0 Å². The molecule has 0 atom stereocenters. The first-order valence-corrected chi connectivity index (χ1v) is 6.64. The molecule has 0 amide bonds. The van der Waals surface area contributed by atoms with E-state index in [1.54, 1.807) is 0 Å². The van der Waals surface area contributed by atoms with E-state index in [-0.39, 0.29) is 10.8 Å². The van der Waals surface area contributed by atoms with Crippen molar-refractivity contribution >= 4 is 10.8 Å². The molecule has 0 unspecified atom stereocenters. The van der Waals surface area contributed by atoms with Crippen LogP contribution in [0.1, 0.15) is 52.7 Å².